The second-order valence-corrected chi connectivity index (χ2v) is 4.63. The van der Waals surface area contributed by atoms with Crippen LogP contribution in [0.2, 0.25) is 5.28 Å². The Morgan fingerprint density at radius 1 is 1.18 bits per heavy atom. The number of halogens is 1. The highest BCUT2D eigenvalue weighted by Crippen LogP contribution is 2.25. The average molecular weight is 257 g/mol. The fraction of sp³-hybridized carbons (Fsp3) is 0.727. The molecule has 0 aliphatic heterocycles. The van der Waals surface area contributed by atoms with Gasteiger partial charge in [0, 0.05) is 13.1 Å². The number of hydrogen-bond donors (Lipinski definition) is 0. The van der Waals surface area contributed by atoms with Gasteiger partial charge in [-0.3, -0.25) is 0 Å². The van der Waals surface area contributed by atoms with E-state index < -0.39 is 0 Å². The van der Waals surface area contributed by atoms with Gasteiger partial charge < -0.3 is 9.64 Å². The number of aromatic nitrogens is 3. The maximum absolute atomic E-state index is 5.84. The van der Waals surface area contributed by atoms with Gasteiger partial charge in [0.1, 0.15) is 0 Å². The normalized spacial score (nSPS) is 16.9. The Morgan fingerprint density at radius 2 is 1.88 bits per heavy atom. The summed E-state index contributed by atoms with van der Waals surface area (Å²) in [5.41, 5.74) is 0. The van der Waals surface area contributed by atoms with Crippen molar-refractivity contribution in [1.82, 2.24) is 15.0 Å². The molecule has 0 unspecified atom stereocenters. The van der Waals surface area contributed by atoms with Gasteiger partial charge in [-0.25, -0.2) is 0 Å². The number of ether oxygens (including phenoxy) is 1. The average Bonchev–Trinajstić information content (AvgIpc) is 2.38. The van der Waals surface area contributed by atoms with Crippen LogP contribution in [0.4, 0.5) is 5.95 Å². The zero-order chi connectivity index (χ0) is 12.3. The van der Waals surface area contributed by atoms with Crippen LogP contribution in [0.25, 0.3) is 0 Å². The van der Waals surface area contributed by atoms with E-state index in [4.69, 9.17) is 16.3 Å². The molecule has 0 saturated heterocycles. The van der Waals surface area contributed by atoms with Gasteiger partial charge in [0.05, 0.1) is 7.11 Å². The molecule has 0 radical (unpaired) electrons. The molecular weight excluding hydrogens is 240 g/mol. The Morgan fingerprint density at radius 3 is 2.53 bits per heavy atom. The minimum Gasteiger partial charge on any atom is -0.467 e. The van der Waals surface area contributed by atoms with Crippen LogP contribution in [0.15, 0.2) is 0 Å². The smallest absolute Gasteiger partial charge is 0.322 e. The Balaban J connectivity index is 2.17. The Hall–Kier alpha value is -1.10. The molecule has 1 aromatic heterocycles. The third-order valence-electron chi connectivity index (χ3n) is 3.20. The topological polar surface area (TPSA) is 51.1 Å². The van der Waals surface area contributed by atoms with E-state index in [0.29, 0.717) is 12.0 Å². The summed E-state index contributed by atoms with van der Waals surface area (Å²) in [7, 11) is 3.52. The molecule has 94 valence electrons. The lowest BCUT2D eigenvalue weighted by molar-refractivity contribution is 0.375. The molecule has 1 aliphatic carbocycles. The summed E-state index contributed by atoms with van der Waals surface area (Å²) in [4.78, 5) is 14.3. The van der Waals surface area contributed by atoms with Crippen molar-refractivity contribution in [1.29, 1.82) is 0 Å². The van der Waals surface area contributed by atoms with E-state index >= 15 is 0 Å². The number of nitrogens with zero attached hydrogens (tertiary/aromatic N) is 4. The molecule has 0 N–H and O–H groups in total. The van der Waals surface area contributed by atoms with E-state index in [1.807, 2.05) is 7.05 Å². The van der Waals surface area contributed by atoms with Crippen molar-refractivity contribution >= 4 is 17.5 Å². The standard InChI is InChI=1S/C11H17ClN4O/c1-16(8-6-4-3-5-7-8)10-13-9(12)14-11(15-10)17-2/h8H,3-7H2,1-2H3. The van der Waals surface area contributed by atoms with Crippen LogP contribution in [0.3, 0.4) is 0 Å². The number of hydrogen-bond acceptors (Lipinski definition) is 5. The molecular formula is C11H17ClN4O. The first kappa shape index (κ1) is 12.4. The number of anilines is 1. The van der Waals surface area contributed by atoms with E-state index in [0.717, 1.165) is 0 Å². The Bertz CT molecular complexity index is 382. The van der Waals surface area contributed by atoms with Gasteiger partial charge in [-0.05, 0) is 24.4 Å². The molecule has 17 heavy (non-hydrogen) atoms. The summed E-state index contributed by atoms with van der Waals surface area (Å²) >= 11 is 5.84. The molecule has 5 nitrogen and oxygen atoms in total. The van der Waals surface area contributed by atoms with Crippen LogP contribution in [-0.2, 0) is 0 Å². The van der Waals surface area contributed by atoms with Gasteiger partial charge in [-0.15, -0.1) is 0 Å². The van der Waals surface area contributed by atoms with Gasteiger partial charge in [-0.2, -0.15) is 15.0 Å². The minimum absolute atomic E-state index is 0.175. The molecule has 0 atom stereocenters. The van der Waals surface area contributed by atoms with E-state index in [1.54, 1.807) is 0 Å². The second kappa shape index (κ2) is 5.49. The highest BCUT2D eigenvalue weighted by molar-refractivity contribution is 6.28. The molecule has 1 aromatic rings. The maximum Gasteiger partial charge on any atom is 0.322 e. The van der Waals surface area contributed by atoms with Crippen LogP contribution < -0.4 is 9.64 Å². The van der Waals surface area contributed by atoms with Gasteiger partial charge >= 0.3 is 6.01 Å². The predicted octanol–water partition coefficient (Wildman–Crippen LogP) is 2.30. The van der Waals surface area contributed by atoms with Crippen molar-refractivity contribution in [3.63, 3.8) is 0 Å². The lowest BCUT2D eigenvalue weighted by atomic mass is 9.95. The highest BCUT2D eigenvalue weighted by atomic mass is 35.5. The van der Waals surface area contributed by atoms with Crippen LogP contribution >= 0.6 is 11.6 Å². The van der Waals surface area contributed by atoms with Gasteiger partial charge in [0.25, 0.3) is 0 Å². The summed E-state index contributed by atoms with van der Waals surface area (Å²) in [5.74, 6) is 0.591. The third-order valence-corrected chi connectivity index (χ3v) is 3.37. The van der Waals surface area contributed by atoms with Gasteiger partial charge in [0.2, 0.25) is 11.2 Å². The van der Waals surface area contributed by atoms with Crippen molar-refractivity contribution in [3.8, 4) is 6.01 Å². The predicted molar refractivity (Wildman–Crippen MR) is 66.7 cm³/mol. The van der Waals surface area contributed by atoms with E-state index in [2.05, 4.69) is 19.9 Å². The molecule has 0 aromatic carbocycles. The maximum atomic E-state index is 5.84. The van der Waals surface area contributed by atoms with Crippen molar-refractivity contribution in [2.24, 2.45) is 0 Å². The molecule has 0 amide bonds. The summed E-state index contributed by atoms with van der Waals surface area (Å²) in [6.45, 7) is 0. The van der Waals surface area contributed by atoms with Gasteiger partial charge in [-0.1, -0.05) is 19.3 Å². The van der Waals surface area contributed by atoms with Crippen LogP contribution in [0.1, 0.15) is 32.1 Å². The quantitative estimate of drug-likeness (QED) is 0.831. The lowest BCUT2D eigenvalue weighted by Crippen LogP contribution is -2.34. The molecule has 1 saturated carbocycles. The minimum atomic E-state index is 0.175. The molecule has 1 aliphatic rings. The zero-order valence-electron chi connectivity index (χ0n) is 10.2. The summed E-state index contributed by atoms with van der Waals surface area (Å²) < 4.78 is 5.00. The van der Waals surface area contributed by atoms with Crippen molar-refractivity contribution < 1.29 is 4.74 Å². The SMILES string of the molecule is COc1nc(Cl)nc(N(C)C2CCCCC2)n1. The summed E-state index contributed by atoms with van der Waals surface area (Å²) in [6.07, 6.45) is 6.23. The molecule has 2 rings (SSSR count). The highest BCUT2D eigenvalue weighted by Gasteiger charge is 2.21. The fourth-order valence-electron chi connectivity index (χ4n) is 2.20. The van der Waals surface area contributed by atoms with Crippen LogP contribution in [-0.4, -0.2) is 35.2 Å². The van der Waals surface area contributed by atoms with E-state index in [9.17, 15) is 0 Å². The summed E-state index contributed by atoms with van der Waals surface area (Å²) in [5, 5.41) is 0.175. The first-order chi connectivity index (χ1) is 8.20. The summed E-state index contributed by atoms with van der Waals surface area (Å²) in [6, 6.07) is 0.759. The van der Waals surface area contributed by atoms with Crippen molar-refractivity contribution in [3.05, 3.63) is 5.28 Å². The largest absolute Gasteiger partial charge is 0.467 e. The molecule has 6 heteroatoms. The molecule has 1 heterocycles. The second-order valence-electron chi connectivity index (χ2n) is 4.29. The first-order valence-corrected chi connectivity index (χ1v) is 6.27. The first-order valence-electron chi connectivity index (χ1n) is 5.89. The van der Waals surface area contributed by atoms with Crippen molar-refractivity contribution in [2.45, 2.75) is 38.1 Å². The molecule has 0 bridgehead atoms. The third kappa shape index (κ3) is 2.97. The number of methoxy groups -OCH3 is 1. The lowest BCUT2D eigenvalue weighted by Gasteiger charge is -2.31. The molecule has 1 fully saturated rings. The monoisotopic (exact) mass is 256 g/mol. The van der Waals surface area contributed by atoms with E-state index in [1.165, 1.54) is 39.2 Å². The molecule has 0 spiro atoms. The van der Waals surface area contributed by atoms with Crippen LogP contribution in [0, 0.1) is 0 Å². The number of rotatable bonds is 3. The van der Waals surface area contributed by atoms with Crippen molar-refractivity contribution in [2.75, 3.05) is 19.1 Å². The van der Waals surface area contributed by atoms with Gasteiger partial charge in [0.15, 0.2) is 0 Å². The zero-order valence-corrected chi connectivity index (χ0v) is 10.9. The Kier molecular flexibility index (Phi) is 3.99. The van der Waals surface area contributed by atoms with E-state index in [-0.39, 0.29) is 11.3 Å². The Labute approximate surface area is 106 Å². The van der Waals surface area contributed by atoms with Crippen LogP contribution in [0.5, 0.6) is 6.01 Å². The fourth-order valence-corrected chi connectivity index (χ4v) is 2.35.